The molecule has 0 aromatic carbocycles. The van der Waals surface area contributed by atoms with E-state index in [-0.39, 0.29) is 5.91 Å². The number of rotatable bonds is 4. The second-order valence-electron chi connectivity index (χ2n) is 6.37. The number of nitrogens with zero attached hydrogens (tertiary/aromatic N) is 4. The minimum absolute atomic E-state index is 0.331. The molecule has 0 atom stereocenters. The summed E-state index contributed by atoms with van der Waals surface area (Å²) in [6.07, 6.45) is 9.49. The molecule has 0 radical (unpaired) electrons. The van der Waals surface area contributed by atoms with Crippen molar-refractivity contribution >= 4 is 5.91 Å². The minimum Gasteiger partial charge on any atom is -0.461 e. The molecule has 1 aliphatic rings. The molecule has 1 saturated carbocycles. The number of hydrogen-bond donors (Lipinski definition) is 1. The topological polar surface area (TPSA) is 99.8 Å². The van der Waals surface area contributed by atoms with Crippen LogP contribution in [-0.2, 0) is 10.2 Å². The second kappa shape index (κ2) is 6.16. The standard InChI is InChI=1S/C18H19N5O2/c19-17(24)18(7-2-1-3-8-18)14-12-15(23-10-5-9-20-23)22-16(21-14)13-6-4-11-25-13/h4-6,9-12H,1-3,7-8H2,(H2,19,24). The average Bonchev–Trinajstić information content (AvgIpc) is 3.35. The van der Waals surface area contributed by atoms with Gasteiger partial charge < -0.3 is 10.2 Å². The van der Waals surface area contributed by atoms with E-state index in [0.29, 0.717) is 35.9 Å². The highest BCUT2D eigenvalue weighted by Crippen LogP contribution is 2.39. The average molecular weight is 337 g/mol. The smallest absolute Gasteiger partial charge is 0.229 e. The lowest BCUT2D eigenvalue weighted by atomic mass is 9.71. The molecule has 0 bridgehead atoms. The van der Waals surface area contributed by atoms with Crippen molar-refractivity contribution in [2.75, 3.05) is 0 Å². The van der Waals surface area contributed by atoms with Gasteiger partial charge >= 0.3 is 0 Å². The highest BCUT2D eigenvalue weighted by molar-refractivity contribution is 5.86. The number of primary amides is 1. The van der Waals surface area contributed by atoms with Gasteiger partial charge in [0.05, 0.1) is 17.4 Å². The number of amides is 1. The van der Waals surface area contributed by atoms with Gasteiger partial charge in [0, 0.05) is 18.5 Å². The van der Waals surface area contributed by atoms with Gasteiger partial charge in [-0.05, 0) is 31.0 Å². The van der Waals surface area contributed by atoms with Crippen LogP contribution in [0.15, 0.2) is 47.3 Å². The van der Waals surface area contributed by atoms with Crippen LogP contribution < -0.4 is 5.73 Å². The molecule has 0 aliphatic heterocycles. The highest BCUT2D eigenvalue weighted by atomic mass is 16.3. The molecule has 3 aromatic rings. The Kier molecular flexibility index (Phi) is 3.83. The van der Waals surface area contributed by atoms with Crippen molar-refractivity contribution in [2.24, 2.45) is 5.73 Å². The van der Waals surface area contributed by atoms with Crippen LogP contribution in [0.2, 0.25) is 0 Å². The first kappa shape index (κ1) is 15.6. The van der Waals surface area contributed by atoms with Gasteiger partial charge in [0.2, 0.25) is 5.91 Å². The Morgan fingerprint density at radius 3 is 2.68 bits per heavy atom. The molecule has 0 saturated heterocycles. The van der Waals surface area contributed by atoms with Crippen LogP contribution in [0.4, 0.5) is 0 Å². The molecule has 1 aliphatic carbocycles. The van der Waals surface area contributed by atoms with E-state index in [2.05, 4.69) is 15.1 Å². The third-order valence-electron chi connectivity index (χ3n) is 4.86. The lowest BCUT2D eigenvalue weighted by Gasteiger charge is -2.33. The third-order valence-corrected chi connectivity index (χ3v) is 4.86. The Bertz CT molecular complexity index is 813. The van der Waals surface area contributed by atoms with E-state index < -0.39 is 5.41 Å². The number of aromatic nitrogens is 4. The molecule has 4 rings (SSSR count). The van der Waals surface area contributed by atoms with Gasteiger partial charge in [0.1, 0.15) is 0 Å². The first-order valence-electron chi connectivity index (χ1n) is 8.42. The molecule has 25 heavy (non-hydrogen) atoms. The monoisotopic (exact) mass is 337 g/mol. The Morgan fingerprint density at radius 2 is 2.04 bits per heavy atom. The molecule has 3 heterocycles. The maximum atomic E-state index is 12.4. The van der Waals surface area contributed by atoms with Crippen LogP contribution in [0.25, 0.3) is 17.4 Å². The van der Waals surface area contributed by atoms with Gasteiger partial charge in [-0.3, -0.25) is 4.79 Å². The summed E-state index contributed by atoms with van der Waals surface area (Å²) >= 11 is 0. The van der Waals surface area contributed by atoms with Crippen LogP contribution in [0.5, 0.6) is 0 Å². The summed E-state index contributed by atoms with van der Waals surface area (Å²) < 4.78 is 7.10. The largest absolute Gasteiger partial charge is 0.461 e. The lowest BCUT2D eigenvalue weighted by molar-refractivity contribution is -0.124. The number of nitrogens with two attached hydrogens (primary N) is 1. The van der Waals surface area contributed by atoms with E-state index in [4.69, 9.17) is 10.2 Å². The van der Waals surface area contributed by atoms with Gasteiger partial charge in [-0.1, -0.05) is 19.3 Å². The molecule has 7 nitrogen and oxygen atoms in total. The number of carbonyl (C=O) groups excluding carboxylic acids is 1. The molecular formula is C18H19N5O2. The lowest BCUT2D eigenvalue weighted by Crippen LogP contribution is -2.43. The SMILES string of the molecule is NC(=O)C1(c2cc(-n3cccn3)nc(-c3ccco3)n2)CCCCC1. The van der Waals surface area contributed by atoms with E-state index >= 15 is 0 Å². The van der Waals surface area contributed by atoms with Gasteiger partial charge in [-0.15, -0.1) is 0 Å². The molecule has 3 aromatic heterocycles. The maximum Gasteiger partial charge on any atom is 0.229 e. The van der Waals surface area contributed by atoms with Crippen molar-refractivity contribution in [3.63, 3.8) is 0 Å². The Hall–Kier alpha value is -2.96. The van der Waals surface area contributed by atoms with Gasteiger partial charge in [-0.25, -0.2) is 14.6 Å². The number of hydrogen-bond acceptors (Lipinski definition) is 5. The van der Waals surface area contributed by atoms with Crippen molar-refractivity contribution in [2.45, 2.75) is 37.5 Å². The first-order chi connectivity index (χ1) is 12.2. The molecule has 0 unspecified atom stereocenters. The zero-order valence-electron chi connectivity index (χ0n) is 13.8. The predicted octanol–water partition coefficient (Wildman–Crippen LogP) is 2.61. The quantitative estimate of drug-likeness (QED) is 0.789. The highest BCUT2D eigenvalue weighted by Gasteiger charge is 2.41. The number of furan rings is 1. The number of carbonyl (C=O) groups is 1. The normalized spacial score (nSPS) is 16.6. The summed E-state index contributed by atoms with van der Waals surface area (Å²) in [4.78, 5) is 21.6. The summed E-state index contributed by atoms with van der Waals surface area (Å²) in [6.45, 7) is 0. The van der Waals surface area contributed by atoms with Gasteiger partial charge in [0.15, 0.2) is 17.4 Å². The summed E-state index contributed by atoms with van der Waals surface area (Å²) in [5.74, 6) is 1.24. The van der Waals surface area contributed by atoms with Crippen LogP contribution >= 0.6 is 0 Å². The van der Waals surface area contributed by atoms with E-state index in [0.717, 1.165) is 19.3 Å². The van der Waals surface area contributed by atoms with Crippen LogP contribution in [0.1, 0.15) is 37.8 Å². The van der Waals surface area contributed by atoms with Crippen molar-refractivity contribution in [1.29, 1.82) is 0 Å². The van der Waals surface area contributed by atoms with E-state index in [1.165, 1.54) is 0 Å². The zero-order valence-corrected chi connectivity index (χ0v) is 13.8. The van der Waals surface area contributed by atoms with Crippen molar-refractivity contribution < 1.29 is 9.21 Å². The molecule has 0 spiro atoms. The first-order valence-corrected chi connectivity index (χ1v) is 8.42. The molecular weight excluding hydrogens is 318 g/mol. The third kappa shape index (κ3) is 2.71. The fourth-order valence-electron chi connectivity index (χ4n) is 3.50. The van der Waals surface area contributed by atoms with E-state index in [1.54, 1.807) is 35.5 Å². The summed E-state index contributed by atoms with van der Waals surface area (Å²) in [6, 6.07) is 7.21. The zero-order chi connectivity index (χ0) is 17.3. The van der Waals surface area contributed by atoms with Crippen LogP contribution in [-0.4, -0.2) is 25.7 Å². The van der Waals surface area contributed by atoms with Crippen LogP contribution in [0, 0.1) is 0 Å². The molecule has 2 N–H and O–H groups in total. The molecule has 1 fully saturated rings. The summed E-state index contributed by atoms with van der Waals surface area (Å²) in [5.41, 5.74) is 5.71. The Labute approximate surface area is 144 Å². The van der Waals surface area contributed by atoms with E-state index in [1.807, 2.05) is 12.1 Å². The van der Waals surface area contributed by atoms with Crippen molar-refractivity contribution in [3.05, 3.63) is 48.6 Å². The summed E-state index contributed by atoms with van der Waals surface area (Å²) in [7, 11) is 0. The Balaban J connectivity index is 1.90. The fourth-order valence-corrected chi connectivity index (χ4v) is 3.50. The Morgan fingerprint density at radius 1 is 1.20 bits per heavy atom. The predicted molar refractivity (Wildman–Crippen MR) is 90.8 cm³/mol. The van der Waals surface area contributed by atoms with Crippen molar-refractivity contribution in [3.8, 4) is 17.4 Å². The fraction of sp³-hybridized carbons (Fsp3) is 0.333. The van der Waals surface area contributed by atoms with Crippen molar-refractivity contribution in [1.82, 2.24) is 19.7 Å². The minimum atomic E-state index is -0.759. The molecule has 1 amide bonds. The second-order valence-corrected chi connectivity index (χ2v) is 6.37. The van der Waals surface area contributed by atoms with Gasteiger partial charge in [-0.2, -0.15) is 5.10 Å². The van der Waals surface area contributed by atoms with Gasteiger partial charge in [0.25, 0.3) is 0 Å². The molecule has 7 heteroatoms. The van der Waals surface area contributed by atoms with E-state index in [9.17, 15) is 4.79 Å². The summed E-state index contributed by atoms with van der Waals surface area (Å²) in [5, 5.41) is 4.24. The van der Waals surface area contributed by atoms with Crippen LogP contribution in [0.3, 0.4) is 0 Å². The molecule has 128 valence electrons. The maximum absolute atomic E-state index is 12.4.